The Bertz CT molecular complexity index is 492. The number of nitrogens with zero attached hydrogens (tertiary/aromatic N) is 1. The molecule has 0 saturated carbocycles. The molecule has 5 nitrogen and oxygen atoms in total. The molecule has 0 radical (unpaired) electrons. The molecule has 6 heteroatoms. The Hall–Kier alpha value is -2.26. The van der Waals surface area contributed by atoms with Crippen molar-refractivity contribution in [1.82, 2.24) is 0 Å². The number of halogens is 1. The van der Waals surface area contributed by atoms with Gasteiger partial charge in [0.1, 0.15) is 11.9 Å². The molecule has 2 N–H and O–H groups in total. The first-order chi connectivity index (χ1) is 7.52. The Morgan fingerprint density at radius 3 is 2.62 bits per heavy atom. The van der Waals surface area contributed by atoms with Crippen LogP contribution in [0.4, 0.5) is 4.39 Å². The standard InChI is InChI=1S/C10H6FNO4/c11-8-5(3-12)1-2-6(4-13)7(8)9(14)10(15)16/h1-2,4,9,14H,(H,15,16). The summed E-state index contributed by atoms with van der Waals surface area (Å²) in [4.78, 5) is 21.1. The molecule has 0 aliphatic heterocycles. The molecule has 0 fully saturated rings. The van der Waals surface area contributed by atoms with Gasteiger partial charge in [-0.05, 0) is 12.1 Å². The average Bonchev–Trinajstić information content (AvgIpc) is 2.27. The van der Waals surface area contributed by atoms with Crippen LogP contribution in [0, 0.1) is 17.1 Å². The van der Waals surface area contributed by atoms with Crippen LogP contribution in [-0.2, 0) is 4.79 Å². The second-order valence-electron chi connectivity index (χ2n) is 2.90. The van der Waals surface area contributed by atoms with E-state index in [1.54, 1.807) is 0 Å². The highest BCUT2D eigenvalue weighted by molar-refractivity contribution is 5.83. The highest BCUT2D eigenvalue weighted by Gasteiger charge is 2.25. The Morgan fingerprint density at radius 1 is 1.56 bits per heavy atom. The summed E-state index contributed by atoms with van der Waals surface area (Å²) in [5, 5.41) is 26.3. The van der Waals surface area contributed by atoms with Crippen LogP contribution in [0.2, 0.25) is 0 Å². The minimum atomic E-state index is -2.17. The molecule has 0 bridgehead atoms. The summed E-state index contributed by atoms with van der Waals surface area (Å²) in [7, 11) is 0. The van der Waals surface area contributed by atoms with Gasteiger partial charge in [-0.25, -0.2) is 9.18 Å². The highest BCUT2D eigenvalue weighted by Crippen LogP contribution is 2.23. The smallest absolute Gasteiger partial charge is 0.337 e. The molecule has 0 aliphatic carbocycles. The summed E-state index contributed by atoms with van der Waals surface area (Å²) >= 11 is 0. The number of hydrogen-bond donors (Lipinski definition) is 2. The largest absolute Gasteiger partial charge is 0.479 e. The molecular formula is C10H6FNO4. The number of aliphatic carboxylic acids is 1. The van der Waals surface area contributed by atoms with Crippen LogP contribution >= 0.6 is 0 Å². The van der Waals surface area contributed by atoms with Crippen LogP contribution in [0.3, 0.4) is 0 Å². The minimum Gasteiger partial charge on any atom is -0.479 e. The molecule has 1 unspecified atom stereocenters. The van der Waals surface area contributed by atoms with Gasteiger partial charge in [0.15, 0.2) is 12.4 Å². The predicted molar refractivity (Wildman–Crippen MR) is 49.1 cm³/mol. The number of nitriles is 1. The fourth-order valence-electron chi connectivity index (χ4n) is 1.20. The third-order valence-electron chi connectivity index (χ3n) is 1.97. The molecule has 16 heavy (non-hydrogen) atoms. The molecule has 0 aliphatic rings. The Balaban J connectivity index is 3.50. The van der Waals surface area contributed by atoms with E-state index in [-0.39, 0.29) is 11.8 Å². The van der Waals surface area contributed by atoms with E-state index in [0.29, 0.717) is 0 Å². The monoisotopic (exact) mass is 223 g/mol. The zero-order chi connectivity index (χ0) is 12.3. The Morgan fingerprint density at radius 2 is 2.19 bits per heavy atom. The first-order valence-electron chi connectivity index (χ1n) is 4.11. The van der Waals surface area contributed by atoms with Crippen molar-refractivity contribution in [3.8, 4) is 6.07 Å². The van der Waals surface area contributed by atoms with Crippen LogP contribution in [0.15, 0.2) is 12.1 Å². The number of rotatable bonds is 3. The van der Waals surface area contributed by atoms with E-state index in [9.17, 15) is 19.1 Å². The van der Waals surface area contributed by atoms with Gasteiger partial charge in [-0.2, -0.15) is 5.26 Å². The zero-order valence-corrected chi connectivity index (χ0v) is 7.85. The van der Waals surface area contributed by atoms with Crippen molar-refractivity contribution in [2.24, 2.45) is 0 Å². The zero-order valence-electron chi connectivity index (χ0n) is 7.85. The predicted octanol–water partition coefficient (Wildman–Crippen LogP) is 0.628. The molecule has 0 saturated heterocycles. The highest BCUT2D eigenvalue weighted by atomic mass is 19.1. The minimum absolute atomic E-state index is 0.214. The number of carbonyl (C=O) groups is 2. The second-order valence-corrected chi connectivity index (χ2v) is 2.90. The number of aliphatic hydroxyl groups excluding tert-OH is 1. The van der Waals surface area contributed by atoms with E-state index in [4.69, 9.17) is 10.4 Å². The molecule has 1 aromatic carbocycles. The van der Waals surface area contributed by atoms with Crippen molar-refractivity contribution < 1.29 is 24.2 Å². The maximum Gasteiger partial charge on any atom is 0.337 e. The van der Waals surface area contributed by atoms with Crippen LogP contribution in [0.25, 0.3) is 0 Å². The quantitative estimate of drug-likeness (QED) is 0.732. The lowest BCUT2D eigenvalue weighted by molar-refractivity contribution is -0.147. The summed E-state index contributed by atoms with van der Waals surface area (Å²) in [6, 6.07) is 3.60. The van der Waals surface area contributed by atoms with E-state index >= 15 is 0 Å². The fourth-order valence-corrected chi connectivity index (χ4v) is 1.20. The van der Waals surface area contributed by atoms with Crippen LogP contribution in [0.1, 0.15) is 27.6 Å². The van der Waals surface area contributed by atoms with Crippen molar-refractivity contribution >= 4 is 12.3 Å². The number of benzene rings is 1. The molecule has 0 spiro atoms. The normalized spacial score (nSPS) is 11.6. The van der Waals surface area contributed by atoms with Gasteiger partial charge in [-0.1, -0.05) is 0 Å². The van der Waals surface area contributed by atoms with Gasteiger partial charge in [-0.3, -0.25) is 4.79 Å². The van der Waals surface area contributed by atoms with Gasteiger partial charge < -0.3 is 10.2 Å². The third kappa shape index (κ3) is 1.89. The van der Waals surface area contributed by atoms with Gasteiger partial charge in [0, 0.05) is 11.1 Å². The molecule has 0 aromatic heterocycles. The van der Waals surface area contributed by atoms with Gasteiger partial charge in [0.05, 0.1) is 5.56 Å². The lowest BCUT2D eigenvalue weighted by atomic mass is 9.99. The summed E-state index contributed by atoms with van der Waals surface area (Å²) in [6.45, 7) is 0. The number of carbonyl (C=O) groups excluding carboxylic acids is 1. The molecular weight excluding hydrogens is 217 g/mol. The molecule has 1 atom stereocenters. The number of hydrogen-bond acceptors (Lipinski definition) is 4. The number of aliphatic hydroxyl groups is 1. The molecule has 1 rings (SSSR count). The Labute approximate surface area is 89.4 Å². The van der Waals surface area contributed by atoms with Crippen molar-refractivity contribution in [3.05, 3.63) is 34.6 Å². The summed E-state index contributed by atoms with van der Waals surface area (Å²) in [6.07, 6.45) is -1.96. The topological polar surface area (TPSA) is 98.4 Å². The lowest BCUT2D eigenvalue weighted by Crippen LogP contribution is -2.15. The van der Waals surface area contributed by atoms with E-state index < -0.39 is 29.0 Å². The molecule has 0 amide bonds. The second kappa shape index (κ2) is 4.51. The maximum atomic E-state index is 13.5. The van der Waals surface area contributed by atoms with Gasteiger partial charge in [-0.15, -0.1) is 0 Å². The first-order valence-corrected chi connectivity index (χ1v) is 4.11. The van der Waals surface area contributed by atoms with Crippen molar-refractivity contribution in [1.29, 1.82) is 5.26 Å². The van der Waals surface area contributed by atoms with Gasteiger partial charge in [0.2, 0.25) is 0 Å². The van der Waals surface area contributed by atoms with Crippen molar-refractivity contribution in [3.63, 3.8) is 0 Å². The molecule has 82 valence electrons. The SMILES string of the molecule is N#Cc1ccc(C=O)c(C(O)C(=O)O)c1F. The van der Waals surface area contributed by atoms with E-state index in [0.717, 1.165) is 12.1 Å². The van der Waals surface area contributed by atoms with Gasteiger partial charge >= 0.3 is 5.97 Å². The average molecular weight is 223 g/mol. The van der Waals surface area contributed by atoms with E-state index in [1.165, 1.54) is 6.07 Å². The van der Waals surface area contributed by atoms with Gasteiger partial charge in [0.25, 0.3) is 0 Å². The first kappa shape index (κ1) is 11.8. The van der Waals surface area contributed by atoms with E-state index in [2.05, 4.69) is 0 Å². The summed E-state index contributed by atoms with van der Waals surface area (Å²) < 4.78 is 13.5. The van der Waals surface area contributed by atoms with E-state index in [1.807, 2.05) is 0 Å². The summed E-state index contributed by atoms with van der Waals surface area (Å²) in [5.41, 5.74) is -1.42. The third-order valence-corrected chi connectivity index (χ3v) is 1.97. The fraction of sp³-hybridized carbons (Fsp3) is 0.100. The Kier molecular flexibility index (Phi) is 3.33. The van der Waals surface area contributed by atoms with Crippen molar-refractivity contribution in [2.45, 2.75) is 6.10 Å². The van der Waals surface area contributed by atoms with Crippen LogP contribution in [-0.4, -0.2) is 22.5 Å². The van der Waals surface area contributed by atoms with Crippen LogP contribution < -0.4 is 0 Å². The lowest BCUT2D eigenvalue weighted by Gasteiger charge is -2.10. The van der Waals surface area contributed by atoms with Crippen LogP contribution in [0.5, 0.6) is 0 Å². The number of carboxylic acid groups (broad SMARTS) is 1. The number of aldehydes is 1. The molecule has 0 heterocycles. The maximum absolute atomic E-state index is 13.5. The molecule has 1 aromatic rings. The van der Waals surface area contributed by atoms with Crippen molar-refractivity contribution in [2.75, 3.05) is 0 Å². The summed E-state index contributed by atoms with van der Waals surface area (Å²) in [5.74, 6) is -2.89. The number of carboxylic acids is 1.